The van der Waals surface area contributed by atoms with E-state index in [2.05, 4.69) is 47.7 Å². The van der Waals surface area contributed by atoms with Gasteiger partial charge in [0.05, 0.1) is 6.54 Å². The zero-order chi connectivity index (χ0) is 13.9. The molecule has 4 heteroatoms. The molecule has 0 bridgehead atoms. The molecule has 0 atom stereocenters. The van der Waals surface area contributed by atoms with Crippen LogP contribution in [0.5, 0.6) is 0 Å². The molecule has 3 aromatic rings. The highest BCUT2D eigenvalue weighted by atomic mass is 32.2. The summed E-state index contributed by atoms with van der Waals surface area (Å²) in [7, 11) is 0. The minimum atomic E-state index is 0.816. The Kier molecular flexibility index (Phi) is 3.74. The van der Waals surface area contributed by atoms with Crippen molar-refractivity contribution >= 4 is 22.9 Å². The van der Waals surface area contributed by atoms with E-state index < -0.39 is 0 Å². The Hall–Kier alpha value is -1.81. The molecule has 20 heavy (non-hydrogen) atoms. The molecule has 0 aliphatic rings. The van der Waals surface area contributed by atoms with Gasteiger partial charge in [-0.1, -0.05) is 49.0 Å². The number of imidazole rings is 1. The predicted octanol–water partition coefficient (Wildman–Crippen LogP) is 3.90. The van der Waals surface area contributed by atoms with Crippen LogP contribution in [0.4, 0.5) is 0 Å². The highest BCUT2D eigenvalue weighted by Crippen LogP contribution is 2.25. The monoisotopic (exact) mass is 283 g/mol. The van der Waals surface area contributed by atoms with Gasteiger partial charge in [0.25, 0.3) is 0 Å². The van der Waals surface area contributed by atoms with Crippen LogP contribution in [-0.4, -0.2) is 20.3 Å². The molecule has 0 N–H and O–H groups in total. The summed E-state index contributed by atoms with van der Waals surface area (Å²) in [4.78, 5) is 9.29. The van der Waals surface area contributed by atoms with Crippen LogP contribution < -0.4 is 0 Å². The van der Waals surface area contributed by atoms with E-state index in [0.717, 1.165) is 28.6 Å². The number of aryl methyl sites for hydroxylation is 1. The van der Waals surface area contributed by atoms with E-state index in [1.54, 1.807) is 11.8 Å². The molecule has 2 heterocycles. The Morgan fingerprint density at radius 2 is 1.95 bits per heavy atom. The van der Waals surface area contributed by atoms with Gasteiger partial charge in [0, 0.05) is 6.20 Å². The topological polar surface area (TPSA) is 30.7 Å². The van der Waals surface area contributed by atoms with Gasteiger partial charge >= 0.3 is 0 Å². The number of hydrogen-bond donors (Lipinski definition) is 0. The minimum absolute atomic E-state index is 0.816. The van der Waals surface area contributed by atoms with E-state index in [0.29, 0.717) is 0 Å². The molecular formula is C16H17N3S. The van der Waals surface area contributed by atoms with Crippen LogP contribution in [0.15, 0.2) is 47.8 Å². The predicted molar refractivity (Wildman–Crippen MR) is 84.2 cm³/mol. The summed E-state index contributed by atoms with van der Waals surface area (Å²) in [6.45, 7) is 5.05. The lowest BCUT2D eigenvalue weighted by molar-refractivity contribution is 0.724. The summed E-state index contributed by atoms with van der Waals surface area (Å²) < 4.78 is 2.21. The van der Waals surface area contributed by atoms with Crippen molar-refractivity contribution in [3.05, 3.63) is 53.7 Å². The van der Waals surface area contributed by atoms with Crippen molar-refractivity contribution in [3.8, 4) is 0 Å². The third-order valence-electron chi connectivity index (χ3n) is 3.26. The Labute approximate surface area is 123 Å². The first-order chi connectivity index (χ1) is 9.79. The van der Waals surface area contributed by atoms with Crippen LogP contribution in [0, 0.1) is 6.92 Å². The number of thioether (sulfide) groups is 1. The van der Waals surface area contributed by atoms with Crippen molar-refractivity contribution in [2.24, 2.45) is 0 Å². The fourth-order valence-electron chi connectivity index (χ4n) is 2.27. The molecule has 0 radical (unpaired) electrons. The smallest absolute Gasteiger partial charge is 0.170 e. The molecule has 0 spiro atoms. The maximum atomic E-state index is 4.76. The normalized spacial score (nSPS) is 11.1. The second kappa shape index (κ2) is 5.67. The number of fused-ring (bicyclic) bond motifs is 1. The molecule has 0 saturated carbocycles. The molecule has 3 rings (SSSR count). The fourth-order valence-corrected chi connectivity index (χ4v) is 2.99. The van der Waals surface area contributed by atoms with Gasteiger partial charge in [-0.15, -0.1) is 0 Å². The van der Waals surface area contributed by atoms with Gasteiger partial charge in [0.2, 0.25) is 0 Å². The molecule has 0 amide bonds. The van der Waals surface area contributed by atoms with E-state index in [4.69, 9.17) is 4.98 Å². The summed E-state index contributed by atoms with van der Waals surface area (Å²) in [5.41, 5.74) is 4.44. The Morgan fingerprint density at radius 3 is 2.70 bits per heavy atom. The van der Waals surface area contributed by atoms with Gasteiger partial charge < -0.3 is 0 Å². The highest BCUT2D eigenvalue weighted by molar-refractivity contribution is 7.99. The molecule has 0 fully saturated rings. The van der Waals surface area contributed by atoms with Crippen LogP contribution >= 0.6 is 11.8 Å². The molecule has 0 saturated heterocycles. The third kappa shape index (κ3) is 2.43. The van der Waals surface area contributed by atoms with Crippen LogP contribution in [0.25, 0.3) is 11.2 Å². The van der Waals surface area contributed by atoms with E-state index >= 15 is 0 Å². The van der Waals surface area contributed by atoms with Crippen LogP contribution in [0.3, 0.4) is 0 Å². The molecule has 0 aliphatic heterocycles. The third-order valence-corrected chi connectivity index (χ3v) is 4.12. The standard InChI is InChI=1S/C16H17N3S/c1-3-20-16-18-14-12(2)9-10-17-15(14)19(16)11-13-7-5-4-6-8-13/h4-10H,3,11H2,1-2H3. The van der Waals surface area contributed by atoms with Gasteiger partial charge in [-0.25, -0.2) is 9.97 Å². The molecule has 2 aromatic heterocycles. The molecular weight excluding hydrogens is 266 g/mol. The first-order valence-corrected chi connectivity index (χ1v) is 7.76. The van der Waals surface area contributed by atoms with Crippen molar-refractivity contribution < 1.29 is 0 Å². The summed E-state index contributed by atoms with van der Waals surface area (Å²) >= 11 is 1.77. The Bertz CT molecular complexity index is 719. The summed E-state index contributed by atoms with van der Waals surface area (Å²) in [6.07, 6.45) is 1.86. The summed E-state index contributed by atoms with van der Waals surface area (Å²) in [6, 6.07) is 12.5. The lowest BCUT2D eigenvalue weighted by atomic mass is 10.2. The SMILES string of the molecule is CCSc1nc2c(C)ccnc2n1Cc1ccccc1. The van der Waals surface area contributed by atoms with Gasteiger partial charge in [0.15, 0.2) is 10.8 Å². The number of pyridine rings is 1. The van der Waals surface area contributed by atoms with Crippen molar-refractivity contribution in [2.75, 3.05) is 5.75 Å². The summed E-state index contributed by atoms with van der Waals surface area (Å²) in [5, 5.41) is 1.05. The van der Waals surface area contributed by atoms with Crippen LogP contribution in [0.1, 0.15) is 18.1 Å². The van der Waals surface area contributed by atoms with Gasteiger partial charge in [0.1, 0.15) is 5.52 Å². The van der Waals surface area contributed by atoms with Gasteiger partial charge in [-0.2, -0.15) is 0 Å². The van der Waals surface area contributed by atoms with Crippen molar-refractivity contribution in [1.82, 2.24) is 14.5 Å². The number of aromatic nitrogens is 3. The van der Waals surface area contributed by atoms with E-state index in [1.165, 1.54) is 11.1 Å². The first kappa shape index (κ1) is 13.2. The van der Waals surface area contributed by atoms with E-state index in [-0.39, 0.29) is 0 Å². The average Bonchev–Trinajstić information content (AvgIpc) is 2.81. The van der Waals surface area contributed by atoms with E-state index in [1.807, 2.05) is 18.3 Å². The lowest BCUT2D eigenvalue weighted by Gasteiger charge is -2.07. The average molecular weight is 283 g/mol. The first-order valence-electron chi connectivity index (χ1n) is 6.78. The fraction of sp³-hybridized carbons (Fsp3) is 0.250. The zero-order valence-corrected chi connectivity index (χ0v) is 12.5. The number of hydrogen-bond acceptors (Lipinski definition) is 3. The Morgan fingerprint density at radius 1 is 1.15 bits per heavy atom. The second-order valence-electron chi connectivity index (χ2n) is 4.70. The molecule has 0 unspecified atom stereocenters. The maximum Gasteiger partial charge on any atom is 0.170 e. The van der Waals surface area contributed by atoms with Crippen molar-refractivity contribution in [1.29, 1.82) is 0 Å². The van der Waals surface area contributed by atoms with Gasteiger partial charge in [-0.05, 0) is 29.9 Å². The van der Waals surface area contributed by atoms with Gasteiger partial charge in [-0.3, -0.25) is 4.57 Å². The number of nitrogens with zero attached hydrogens (tertiary/aromatic N) is 3. The molecule has 1 aromatic carbocycles. The molecule has 0 aliphatic carbocycles. The maximum absolute atomic E-state index is 4.76. The molecule has 3 nitrogen and oxygen atoms in total. The largest absolute Gasteiger partial charge is 0.299 e. The van der Waals surface area contributed by atoms with Crippen molar-refractivity contribution in [2.45, 2.75) is 25.5 Å². The zero-order valence-electron chi connectivity index (χ0n) is 11.7. The van der Waals surface area contributed by atoms with Crippen molar-refractivity contribution in [3.63, 3.8) is 0 Å². The Balaban J connectivity index is 2.12. The molecule has 102 valence electrons. The quantitative estimate of drug-likeness (QED) is 0.680. The lowest BCUT2D eigenvalue weighted by Crippen LogP contribution is -2.02. The summed E-state index contributed by atoms with van der Waals surface area (Å²) in [5.74, 6) is 1.01. The number of benzene rings is 1. The van der Waals surface area contributed by atoms with Crippen LogP contribution in [-0.2, 0) is 6.54 Å². The minimum Gasteiger partial charge on any atom is -0.299 e. The highest BCUT2D eigenvalue weighted by Gasteiger charge is 2.13. The van der Waals surface area contributed by atoms with E-state index in [9.17, 15) is 0 Å². The number of rotatable bonds is 4. The second-order valence-corrected chi connectivity index (χ2v) is 5.93. The van der Waals surface area contributed by atoms with Crippen LogP contribution in [0.2, 0.25) is 0 Å².